The topological polar surface area (TPSA) is 78.7 Å². The van der Waals surface area contributed by atoms with E-state index in [4.69, 9.17) is 0 Å². The number of benzene rings is 1. The van der Waals surface area contributed by atoms with Crippen LogP contribution in [0, 0.1) is 25.2 Å². The fourth-order valence-corrected chi connectivity index (χ4v) is 3.49. The molecule has 0 bridgehead atoms. The van der Waals surface area contributed by atoms with Gasteiger partial charge in [0.15, 0.2) is 0 Å². The smallest absolute Gasteiger partial charge is 0.226 e. The van der Waals surface area contributed by atoms with Crippen LogP contribution < -0.4 is 5.32 Å². The maximum atomic E-state index is 12.1. The molecule has 0 unspecified atom stereocenters. The minimum absolute atomic E-state index is 0.112. The molecule has 3 rings (SSSR count). The van der Waals surface area contributed by atoms with E-state index in [1.54, 1.807) is 12.1 Å². The highest BCUT2D eigenvalue weighted by atomic mass is 32.2. The van der Waals surface area contributed by atoms with Crippen molar-refractivity contribution in [2.45, 2.75) is 25.3 Å². The number of rotatable bonds is 6. The minimum Gasteiger partial charge on any atom is -0.311 e. The summed E-state index contributed by atoms with van der Waals surface area (Å²) >= 11 is 1.41. The monoisotopic (exact) mass is 388 g/mol. The van der Waals surface area contributed by atoms with Crippen LogP contribution in [0.25, 0.3) is 11.3 Å². The Morgan fingerprint density at radius 1 is 1.07 bits per heavy atom. The molecule has 0 aliphatic rings. The molecule has 0 aliphatic heterocycles. The van der Waals surface area contributed by atoms with Crippen molar-refractivity contribution in [1.29, 1.82) is 5.26 Å². The van der Waals surface area contributed by atoms with Crippen LogP contribution in [-0.2, 0) is 4.79 Å². The molecule has 6 heteroatoms. The first-order valence-corrected chi connectivity index (χ1v) is 9.88. The second-order valence-electron chi connectivity index (χ2n) is 6.34. The van der Waals surface area contributed by atoms with E-state index >= 15 is 0 Å². The quantitative estimate of drug-likeness (QED) is 0.616. The second-order valence-corrected chi connectivity index (χ2v) is 7.42. The average molecular weight is 388 g/mol. The fourth-order valence-electron chi connectivity index (χ4n) is 2.58. The van der Waals surface area contributed by atoms with Crippen LogP contribution in [0.15, 0.2) is 59.6 Å². The number of carbonyl (C=O) groups is 1. The van der Waals surface area contributed by atoms with E-state index in [2.05, 4.69) is 21.4 Å². The lowest BCUT2D eigenvalue weighted by Crippen LogP contribution is -2.13. The number of anilines is 1. The van der Waals surface area contributed by atoms with Crippen LogP contribution in [0.5, 0.6) is 0 Å². The zero-order valence-corrected chi connectivity index (χ0v) is 16.6. The van der Waals surface area contributed by atoms with Crippen molar-refractivity contribution < 1.29 is 4.79 Å². The van der Waals surface area contributed by atoms with Crippen molar-refractivity contribution in [1.82, 2.24) is 9.97 Å². The molecule has 5 nitrogen and oxygen atoms in total. The van der Waals surface area contributed by atoms with Crippen molar-refractivity contribution in [2.75, 3.05) is 11.1 Å². The molecule has 1 aromatic carbocycles. The number of nitriles is 1. The SMILES string of the molecule is Cc1ccc(-c2ccc(C#N)c(SCCC(=O)Nc3cccc(C)n3)n2)cc1. The summed E-state index contributed by atoms with van der Waals surface area (Å²) in [5.41, 5.74) is 4.36. The van der Waals surface area contributed by atoms with E-state index in [-0.39, 0.29) is 5.91 Å². The minimum atomic E-state index is -0.112. The van der Waals surface area contributed by atoms with Crippen LogP contribution in [0.1, 0.15) is 23.2 Å². The maximum Gasteiger partial charge on any atom is 0.226 e. The molecule has 2 heterocycles. The van der Waals surface area contributed by atoms with E-state index in [0.717, 1.165) is 17.0 Å². The predicted molar refractivity (Wildman–Crippen MR) is 112 cm³/mol. The molecule has 2 aromatic heterocycles. The maximum absolute atomic E-state index is 12.1. The lowest BCUT2D eigenvalue weighted by Gasteiger charge is -2.08. The van der Waals surface area contributed by atoms with E-state index in [0.29, 0.717) is 28.6 Å². The molecule has 0 atom stereocenters. The van der Waals surface area contributed by atoms with Crippen molar-refractivity contribution in [3.8, 4) is 17.3 Å². The van der Waals surface area contributed by atoms with Gasteiger partial charge in [0, 0.05) is 23.4 Å². The molecular weight excluding hydrogens is 368 g/mol. The number of carbonyl (C=O) groups excluding carboxylic acids is 1. The van der Waals surface area contributed by atoms with E-state index in [1.165, 1.54) is 17.3 Å². The number of nitrogens with zero attached hydrogens (tertiary/aromatic N) is 3. The van der Waals surface area contributed by atoms with E-state index < -0.39 is 0 Å². The number of pyridine rings is 2. The van der Waals surface area contributed by atoms with Gasteiger partial charge in [-0.3, -0.25) is 4.79 Å². The van der Waals surface area contributed by atoms with Gasteiger partial charge in [-0.2, -0.15) is 5.26 Å². The summed E-state index contributed by atoms with van der Waals surface area (Å²) < 4.78 is 0. The summed E-state index contributed by atoms with van der Waals surface area (Å²) in [5.74, 6) is 0.961. The van der Waals surface area contributed by atoms with Gasteiger partial charge in [-0.1, -0.05) is 35.9 Å². The third-order valence-corrected chi connectivity index (χ3v) is 5.04. The number of amides is 1. The predicted octanol–water partition coefficient (Wildman–Crippen LogP) is 4.75. The number of thioether (sulfide) groups is 1. The molecule has 0 fully saturated rings. The zero-order chi connectivity index (χ0) is 19.9. The molecule has 0 radical (unpaired) electrons. The van der Waals surface area contributed by atoms with Gasteiger partial charge in [-0.05, 0) is 38.1 Å². The third-order valence-electron chi connectivity index (χ3n) is 4.05. The highest BCUT2D eigenvalue weighted by Crippen LogP contribution is 2.26. The summed E-state index contributed by atoms with van der Waals surface area (Å²) in [6.45, 7) is 3.91. The lowest BCUT2D eigenvalue weighted by molar-refractivity contribution is -0.115. The molecule has 0 spiro atoms. The van der Waals surface area contributed by atoms with Gasteiger partial charge < -0.3 is 5.32 Å². The summed E-state index contributed by atoms with van der Waals surface area (Å²) in [7, 11) is 0. The van der Waals surface area contributed by atoms with Gasteiger partial charge in [0.1, 0.15) is 16.9 Å². The van der Waals surface area contributed by atoms with E-state index in [9.17, 15) is 10.1 Å². The van der Waals surface area contributed by atoms with Crippen LogP contribution in [0.4, 0.5) is 5.82 Å². The van der Waals surface area contributed by atoms with Crippen LogP contribution >= 0.6 is 11.8 Å². The zero-order valence-electron chi connectivity index (χ0n) is 15.8. The van der Waals surface area contributed by atoms with Gasteiger partial charge in [-0.15, -0.1) is 11.8 Å². The number of aryl methyl sites for hydroxylation is 2. The molecule has 0 saturated heterocycles. The van der Waals surface area contributed by atoms with Crippen LogP contribution in [-0.4, -0.2) is 21.6 Å². The first kappa shape index (κ1) is 19.6. The van der Waals surface area contributed by atoms with Crippen molar-refractivity contribution in [3.05, 3.63) is 71.4 Å². The number of hydrogen-bond donors (Lipinski definition) is 1. The summed E-state index contributed by atoms with van der Waals surface area (Å²) in [6, 6.07) is 19.4. The summed E-state index contributed by atoms with van der Waals surface area (Å²) in [6.07, 6.45) is 0.307. The molecule has 0 aliphatic carbocycles. The normalized spacial score (nSPS) is 10.3. The molecule has 0 saturated carbocycles. The Hall–Kier alpha value is -3.17. The number of hydrogen-bond acceptors (Lipinski definition) is 5. The van der Waals surface area contributed by atoms with Crippen molar-refractivity contribution >= 4 is 23.5 Å². The van der Waals surface area contributed by atoms with Crippen LogP contribution in [0.3, 0.4) is 0 Å². The Labute approximate surface area is 168 Å². The molecule has 1 N–H and O–H groups in total. The second kappa shape index (κ2) is 9.16. The fraction of sp³-hybridized carbons (Fsp3) is 0.182. The van der Waals surface area contributed by atoms with Gasteiger partial charge >= 0.3 is 0 Å². The van der Waals surface area contributed by atoms with Crippen molar-refractivity contribution in [3.63, 3.8) is 0 Å². The average Bonchev–Trinajstić information content (AvgIpc) is 2.68. The molecule has 140 valence electrons. The summed E-state index contributed by atoms with van der Waals surface area (Å²) in [5, 5.41) is 12.8. The highest BCUT2D eigenvalue weighted by molar-refractivity contribution is 7.99. The Kier molecular flexibility index (Phi) is 6.41. The number of nitrogens with one attached hydrogen (secondary N) is 1. The first-order valence-electron chi connectivity index (χ1n) is 8.89. The van der Waals surface area contributed by atoms with Gasteiger partial charge in [0.2, 0.25) is 5.91 Å². The standard InChI is InChI=1S/C22H20N4OS/c1-15-6-8-17(9-7-15)19-11-10-18(14-23)22(25-19)28-13-12-21(27)26-20-5-3-4-16(2)24-20/h3-11H,12-13H2,1-2H3,(H,24,26,27). The third kappa shape index (κ3) is 5.18. The van der Waals surface area contributed by atoms with Crippen molar-refractivity contribution in [2.24, 2.45) is 0 Å². The first-order chi connectivity index (χ1) is 13.5. The lowest BCUT2D eigenvalue weighted by atomic mass is 10.1. The Morgan fingerprint density at radius 2 is 1.86 bits per heavy atom. The largest absolute Gasteiger partial charge is 0.311 e. The van der Waals surface area contributed by atoms with E-state index in [1.807, 2.05) is 56.3 Å². The summed E-state index contributed by atoms with van der Waals surface area (Å²) in [4.78, 5) is 21.0. The van der Waals surface area contributed by atoms with Gasteiger partial charge in [-0.25, -0.2) is 9.97 Å². The Balaban J connectivity index is 1.64. The van der Waals surface area contributed by atoms with Gasteiger partial charge in [0.25, 0.3) is 0 Å². The Bertz CT molecular complexity index is 1030. The molecular formula is C22H20N4OS. The molecule has 1 amide bonds. The molecule has 28 heavy (non-hydrogen) atoms. The highest BCUT2D eigenvalue weighted by Gasteiger charge is 2.10. The molecule has 3 aromatic rings. The number of aromatic nitrogens is 2. The van der Waals surface area contributed by atoms with Crippen LogP contribution in [0.2, 0.25) is 0 Å². The Morgan fingerprint density at radius 3 is 2.57 bits per heavy atom. The van der Waals surface area contributed by atoms with Gasteiger partial charge in [0.05, 0.1) is 11.3 Å².